The van der Waals surface area contributed by atoms with Crippen molar-refractivity contribution in [3.8, 4) is 0 Å². The highest BCUT2D eigenvalue weighted by molar-refractivity contribution is 5.09. The van der Waals surface area contributed by atoms with Crippen molar-refractivity contribution in [3.05, 3.63) is 0 Å². The van der Waals surface area contributed by atoms with Gasteiger partial charge < -0.3 is 5.11 Å². The molecule has 0 aromatic carbocycles. The van der Waals surface area contributed by atoms with Gasteiger partial charge in [0.15, 0.2) is 0 Å². The zero-order valence-electron chi connectivity index (χ0n) is 16.6. The van der Waals surface area contributed by atoms with Crippen molar-refractivity contribution in [2.75, 3.05) is 0 Å². The van der Waals surface area contributed by atoms with E-state index in [9.17, 15) is 5.11 Å². The van der Waals surface area contributed by atoms with Crippen LogP contribution in [0, 0.1) is 46.3 Å². The van der Waals surface area contributed by atoms with Crippen LogP contribution in [0.25, 0.3) is 0 Å². The maximum absolute atomic E-state index is 10.2. The fraction of sp³-hybridized carbons (Fsp3) is 1.00. The molecule has 4 rings (SSSR count). The molecule has 0 aromatic rings. The quantitative estimate of drug-likeness (QED) is 0.652. The number of fused-ring (bicyclic) bond motifs is 5. The molecule has 4 aliphatic rings. The Morgan fingerprint density at radius 3 is 2.38 bits per heavy atom. The molecule has 0 saturated heterocycles. The van der Waals surface area contributed by atoms with Gasteiger partial charge in [0.25, 0.3) is 0 Å². The first kappa shape index (κ1) is 17.4. The number of hydrogen-bond donors (Lipinski definition) is 1. The van der Waals surface area contributed by atoms with Gasteiger partial charge in [0.05, 0.1) is 6.10 Å². The van der Waals surface area contributed by atoms with Gasteiger partial charge in [-0.25, -0.2) is 0 Å². The van der Waals surface area contributed by atoms with Gasteiger partial charge in [0.1, 0.15) is 0 Å². The molecule has 1 heteroatoms. The van der Waals surface area contributed by atoms with E-state index in [0.717, 1.165) is 48.3 Å². The van der Waals surface area contributed by atoms with Crippen molar-refractivity contribution in [2.24, 2.45) is 46.3 Å². The van der Waals surface area contributed by atoms with E-state index in [4.69, 9.17) is 0 Å². The summed E-state index contributed by atoms with van der Waals surface area (Å²) in [6.07, 6.45) is 13.6. The standard InChI is InChI=1S/C23H40O/c1-5-15(2)19-8-9-20-18-7-6-16-14-17(24)10-12-22(16,3)21(18)11-13-23(19,20)4/h15-21,24H,5-14H2,1-4H3/t15?,16?,17?,18?,19-,20?,21?,22?,23?/m1/s1. The summed E-state index contributed by atoms with van der Waals surface area (Å²) in [5.41, 5.74) is 1.17. The zero-order valence-corrected chi connectivity index (χ0v) is 16.6. The van der Waals surface area contributed by atoms with Crippen LogP contribution in [-0.4, -0.2) is 11.2 Å². The molecule has 4 saturated carbocycles. The van der Waals surface area contributed by atoms with Crippen molar-refractivity contribution in [1.29, 1.82) is 0 Å². The lowest BCUT2D eigenvalue weighted by Gasteiger charge is -2.61. The van der Waals surface area contributed by atoms with E-state index in [-0.39, 0.29) is 6.10 Å². The Hall–Kier alpha value is -0.0400. The van der Waals surface area contributed by atoms with Crippen molar-refractivity contribution >= 4 is 0 Å². The number of aliphatic hydroxyl groups excluding tert-OH is 1. The SMILES string of the molecule is CCC(C)[C@H]1CCC2C3CCC4CC(O)CCC4(C)C3CCC21C. The normalized spacial score (nSPS) is 55.4. The fourth-order valence-electron chi connectivity index (χ4n) is 8.50. The van der Waals surface area contributed by atoms with E-state index in [1.807, 2.05) is 0 Å². The van der Waals surface area contributed by atoms with Crippen molar-refractivity contribution in [1.82, 2.24) is 0 Å². The lowest BCUT2D eigenvalue weighted by molar-refractivity contribution is -0.129. The van der Waals surface area contributed by atoms with Gasteiger partial charge in [-0.15, -0.1) is 0 Å². The van der Waals surface area contributed by atoms with Crippen molar-refractivity contribution in [2.45, 2.75) is 98.0 Å². The summed E-state index contributed by atoms with van der Waals surface area (Å²) in [5.74, 6) is 5.64. The topological polar surface area (TPSA) is 20.2 Å². The Bertz CT molecular complexity index is 473. The molecule has 4 fully saturated rings. The smallest absolute Gasteiger partial charge is 0.0543 e. The van der Waals surface area contributed by atoms with Gasteiger partial charge in [-0.05, 0) is 104 Å². The summed E-state index contributed by atoms with van der Waals surface area (Å²) in [5, 5.41) is 10.2. The molecule has 1 N–H and O–H groups in total. The molecule has 24 heavy (non-hydrogen) atoms. The third-order valence-corrected chi connectivity index (χ3v) is 10.0. The lowest BCUT2D eigenvalue weighted by atomic mass is 9.44. The molecule has 4 aliphatic carbocycles. The molecule has 138 valence electrons. The minimum absolute atomic E-state index is 0.00486. The van der Waals surface area contributed by atoms with Crippen LogP contribution in [0.2, 0.25) is 0 Å². The molecule has 9 atom stereocenters. The first-order chi connectivity index (χ1) is 11.4. The molecule has 8 unspecified atom stereocenters. The van der Waals surface area contributed by atoms with Crippen LogP contribution in [0.15, 0.2) is 0 Å². The van der Waals surface area contributed by atoms with Gasteiger partial charge in [-0.1, -0.05) is 34.1 Å². The first-order valence-corrected chi connectivity index (χ1v) is 11.1. The molecule has 0 amide bonds. The van der Waals surface area contributed by atoms with Crippen LogP contribution >= 0.6 is 0 Å². The monoisotopic (exact) mass is 332 g/mol. The molecule has 0 spiro atoms. The number of rotatable bonds is 2. The first-order valence-electron chi connectivity index (χ1n) is 11.1. The van der Waals surface area contributed by atoms with Gasteiger partial charge in [-0.3, -0.25) is 0 Å². The second-order valence-electron chi connectivity index (χ2n) is 10.7. The molecule has 0 aromatic heterocycles. The average Bonchev–Trinajstić information content (AvgIpc) is 2.92. The molecule has 0 bridgehead atoms. The van der Waals surface area contributed by atoms with Crippen LogP contribution in [0.4, 0.5) is 0 Å². The third kappa shape index (κ3) is 2.36. The summed E-state index contributed by atoms with van der Waals surface area (Å²) in [7, 11) is 0. The van der Waals surface area contributed by atoms with Crippen LogP contribution < -0.4 is 0 Å². The Kier molecular flexibility index (Phi) is 4.34. The number of aliphatic hydroxyl groups is 1. The average molecular weight is 333 g/mol. The highest BCUT2D eigenvalue weighted by atomic mass is 16.3. The van der Waals surface area contributed by atoms with Gasteiger partial charge in [0, 0.05) is 0 Å². The Morgan fingerprint density at radius 2 is 1.62 bits per heavy atom. The molecule has 0 heterocycles. The summed E-state index contributed by atoms with van der Waals surface area (Å²) in [6, 6.07) is 0. The van der Waals surface area contributed by atoms with E-state index in [1.165, 1.54) is 51.4 Å². The second kappa shape index (κ2) is 6.00. The van der Waals surface area contributed by atoms with Gasteiger partial charge in [0.2, 0.25) is 0 Å². The van der Waals surface area contributed by atoms with E-state index in [2.05, 4.69) is 27.7 Å². The van der Waals surface area contributed by atoms with Gasteiger partial charge in [-0.2, -0.15) is 0 Å². The largest absolute Gasteiger partial charge is 0.393 e. The Labute approximate surface area is 150 Å². The fourth-order valence-corrected chi connectivity index (χ4v) is 8.50. The lowest BCUT2D eigenvalue weighted by Crippen LogP contribution is -2.54. The highest BCUT2D eigenvalue weighted by Gasteiger charge is 2.60. The summed E-state index contributed by atoms with van der Waals surface area (Å²) < 4.78 is 0. The summed E-state index contributed by atoms with van der Waals surface area (Å²) in [6.45, 7) is 10.2. The highest BCUT2D eigenvalue weighted by Crippen LogP contribution is 2.68. The van der Waals surface area contributed by atoms with Crippen molar-refractivity contribution < 1.29 is 5.11 Å². The third-order valence-electron chi connectivity index (χ3n) is 10.0. The zero-order chi connectivity index (χ0) is 17.1. The molecular weight excluding hydrogens is 292 g/mol. The van der Waals surface area contributed by atoms with Crippen LogP contribution in [-0.2, 0) is 0 Å². The maximum atomic E-state index is 10.2. The van der Waals surface area contributed by atoms with E-state index >= 15 is 0 Å². The Morgan fingerprint density at radius 1 is 0.917 bits per heavy atom. The summed E-state index contributed by atoms with van der Waals surface area (Å²) in [4.78, 5) is 0. The Balaban J connectivity index is 1.59. The maximum Gasteiger partial charge on any atom is 0.0543 e. The van der Waals surface area contributed by atoms with Crippen LogP contribution in [0.5, 0.6) is 0 Å². The van der Waals surface area contributed by atoms with Crippen LogP contribution in [0.3, 0.4) is 0 Å². The van der Waals surface area contributed by atoms with E-state index in [0.29, 0.717) is 10.8 Å². The predicted octanol–water partition coefficient (Wildman–Crippen LogP) is 6.05. The molecule has 0 aliphatic heterocycles. The molecule has 0 radical (unpaired) electrons. The summed E-state index contributed by atoms with van der Waals surface area (Å²) >= 11 is 0. The second-order valence-corrected chi connectivity index (χ2v) is 10.7. The minimum Gasteiger partial charge on any atom is -0.393 e. The van der Waals surface area contributed by atoms with Crippen molar-refractivity contribution in [3.63, 3.8) is 0 Å². The van der Waals surface area contributed by atoms with Crippen LogP contribution in [0.1, 0.15) is 91.9 Å². The van der Waals surface area contributed by atoms with Gasteiger partial charge >= 0.3 is 0 Å². The molecular formula is C23H40O. The van der Waals surface area contributed by atoms with E-state index in [1.54, 1.807) is 0 Å². The predicted molar refractivity (Wildman–Crippen MR) is 101 cm³/mol. The minimum atomic E-state index is -0.00486. The van der Waals surface area contributed by atoms with E-state index < -0.39 is 0 Å². The molecule has 1 nitrogen and oxygen atoms in total. The number of hydrogen-bond acceptors (Lipinski definition) is 1.